The van der Waals surface area contributed by atoms with E-state index in [9.17, 15) is 14.4 Å². The first-order chi connectivity index (χ1) is 16.6. The monoisotopic (exact) mass is 458 g/mol. The molecule has 0 aromatic heterocycles. The molecule has 0 saturated heterocycles. The van der Waals surface area contributed by atoms with E-state index in [1.165, 1.54) is 17.7 Å². The van der Waals surface area contributed by atoms with Crippen LogP contribution in [0.25, 0.3) is 0 Å². The van der Waals surface area contributed by atoms with Crippen molar-refractivity contribution < 1.29 is 14.4 Å². The zero-order valence-corrected chi connectivity index (χ0v) is 19.8. The number of rotatable bonds is 6. The van der Waals surface area contributed by atoms with E-state index in [1.807, 2.05) is 30.3 Å². The Balaban J connectivity index is 1.52. The van der Waals surface area contributed by atoms with Gasteiger partial charge in [-0.15, -0.1) is 0 Å². The maximum absolute atomic E-state index is 14.5. The lowest BCUT2D eigenvalue weighted by molar-refractivity contribution is -0.142. The van der Waals surface area contributed by atoms with Gasteiger partial charge < -0.3 is 4.90 Å². The second kappa shape index (κ2) is 10.1. The normalized spacial score (nSPS) is 20.3. The molecule has 0 bridgehead atoms. The molecule has 3 aliphatic rings. The third-order valence-corrected chi connectivity index (χ3v) is 7.88. The highest BCUT2D eigenvalue weighted by atomic mass is 16.2. The second-order valence-corrected chi connectivity index (χ2v) is 10.1. The van der Waals surface area contributed by atoms with E-state index < -0.39 is 6.04 Å². The van der Waals surface area contributed by atoms with Crippen LogP contribution in [0.2, 0.25) is 0 Å². The topological polar surface area (TPSA) is 57.7 Å². The number of carbonyl (C=O) groups excluding carboxylic acids is 3. The molecule has 34 heavy (non-hydrogen) atoms. The van der Waals surface area contributed by atoms with Gasteiger partial charge in [-0.2, -0.15) is 0 Å². The van der Waals surface area contributed by atoms with Crippen LogP contribution in [0.5, 0.6) is 0 Å². The van der Waals surface area contributed by atoms with Gasteiger partial charge in [0.15, 0.2) is 0 Å². The van der Waals surface area contributed by atoms with Crippen LogP contribution in [0.1, 0.15) is 90.5 Å². The number of hydrogen-bond acceptors (Lipinski definition) is 3. The van der Waals surface area contributed by atoms with E-state index >= 15 is 0 Å². The first kappa shape index (κ1) is 22.8. The number of fused-ring (bicyclic) bond motifs is 1. The third-order valence-electron chi connectivity index (χ3n) is 7.88. The average molecular weight is 459 g/mol. The lowest BCUT2D eigenvalue weighted by Crippen LogP contribution is -2.58. The predicted molar refractivity (Wildman–Crippen MR) is 131 cm³/mol. The molecule has 2 aromatic carbocycles. The van der Waals surface area contributed by atoms with Gasteiger partial charge in [0.2, 0.25) is 5.91 Å². The van der Waals surface area contributed by atoms with Crippen LogP contribution in [0, 0.1) is 0 Å². The average Bonchev–Trinajstić information content (AvgIpc) is 3.14. The van der Waals surface area contributed by atoms with Gasteiger partial charge in [0, 0.05) is 18.5 Å². The van der Waals surface area contributed by atoms with Crippen molar-refractivity contribution in [3.8, 4) is 0 Å². The standard InChI is InChI=1S/C29H34N2O3/c32-27-24-18-10-11-19-25(24)28(33)31(27)26(20-21-12-4-1-5-13-21)29(34)30(22-14-6-2-7-15-22)23-16-8-3-9-17-23/h1,4-5,10-13,18-19,22-23,26H,2-3,6-9,14-17,20H2/t26-/m0/s1. The molecule has 1 heterocycles. The van der Waals surface area contributed by atoms with Crippen molar-refractivity contribution in [2.45, 2.75) is 88.8 Å². The van der Waals surface area contributed by atoms with E-state index in [-0.39, 0.29) is 29.8 Å². The molecule has 0 unspecified atom stereocenters. The summed E-state index contributed by atoms with van der Waals surface area (Å²) >= 11 is 0. The zero-order chi connectivity index (χ0) is 23.5. The molecular formula is C29H34N2O3. The van der Waals surface area contributed by atoms with Crippen LogP contribution in [-0.4, -0.2) is 45.6 Å². The summed E-state index contributed by atoms with van der Waals surface area (Å²) in [5.74, 6) is -0.735. The summed E-state index contributed by atoms with van der Waals surface area (Å²) in [6.07, 6.45) is 11.4. The zero-order valence-electron chi connectivity index (χ0n) is 19.8. The molecule has 0 N–H and O–H groups in total. The first-order valence-corrected chi connectivity index (χ1v) is 13.0. The highest BCUT2D eigenvalue weighted by Gasteiger charge is 2.46. The summed E-state index contributed by atoms with van der Waals surface area (Å²) in [7, 11) is 0. The Morgan fingerprint density at radius 3 is 1.71 bits per heavy atom. The summed E-state index contributed by atoms with van der Waals surface area (Å²) in [5, 5.41) is 0. The molecular weight excluding hydrogens is 424 g/mol. The summed E-state index contributed by atoms with van der Waals surface area (Å²) in [5.41, 5.74) is 1.77. The minimum absolute atomic E-state index is 0.0443. The molecule has 0 radical (unpaired) electrons. The predicted octanol–water partition coefficient (Wildman–Crippen LogP) is 5.39. The van der Waals surface area contributed by atoms with Crippen molar-refractivity contribution in [2.24, 2.45) is 0 Å². The van der Waals surface area contributed by atoms with Gasteiger partial charge in [-0.3, -0.25) is 19.3 Å². The van der Waals surface area contributed by atoms with Crippen molar-refractivity contribution in [2.75, 3.05) is 0 Å². The maximum Gasteiger partial charge on any atom is 0.262 e. The fraction of sp³-hybridized carbons (Fsp3) is 0.483. The molecule has 1 aliphatic heterocycles. The number of nitrogens with zero attached hydrogens (tertiary/aromatic N) is 2. The highest BCUT2D eigenvalue weighted by molar-refractivity contribution is 6.22. The van der Waals surface area contributed by atoms with Gasteiger partial charge in [-0.25, -0.2) is 0 Å². The van der Waals surface area contributed by atoms with Crippen molar-refractivity contribution in [1.29, 1.82) is 0 Å². The Kier molecular flexibility index (Phi) is 6.80. The molecule has 5 heteroatoms. The summed E-state index contributed by atoms with van der Waals surface area (Å²) in [6.45, 7) is 0. The van der Waals surface area contributed by atoms with Crippen LogP contribution < -0.4 is 0 Å². The van der Waals surface area contributed by atoms with Gasteiger partial charge >= 0.3 is 0 Å². The van der Waals surface area contributed by atoms with E-state index in [0.29, 0.717) is 17.5 Å². The maximum atomic E-state index is 14.5. The van der Waals surface area contributed by atoms with E-state index in [4.69, 9.17) is 0 Å². The molecule has 2 fully saturated rings. The van der Waals surface area contributed by atoms with Gasteiger partial charge in [0.25, 0.3) is 11.8 Å². The number of hydrogen-bond donors (Lipinski definition) is 0. The van der Waals surface area contributed by atoms with E-state index in [1.54, 1.807) is 24.3 Å². The minimum Gasteiger partial charge on any atom is -0.335 e. The molecule has 3 amide bonds. The van der Waals surface area contributed by atoms with Crippen LogP contribution in [0.4, 0.5) is 0 Å². The summed E-state index contributed by atoms with van der Waals surface area (Å²) in [6, 6.07) is 16.3. The molecule has 5 nitrogen and oxygen atoms in total. The van der Waals surface area contributed by atoms with Gasteiger partial charge in [-0.05, 0) is 43.4 Å². The summed E-state index contributed by atoms with van der Waals surface area (Å²) in [4.78, 5) is 44.8. The highest BCUT2D eigenvalue weighted by Crippen LogP contribution is 2.33. The molecule has 5 rings (SSSR count). The van der Waals surface area contributed by atoms with Crippen LogP contribution in [0.3, 0.4) is 0 Å². The lowest BCUT2D eigenvalue weighted by Gasteiger charge is -2.44. The van der Waals surface area contributed by atoms with Gasteiger partial charge in [0.1, 0.15) is 6.04 Å². The van der Waals surface area contributed by atoms with E-state index in [2.05, 4.69) is 4.90 Å². The Hall–Kier alpha value is -2.95. The fourth-order valence-electron chi connectivity index (χ4n) is 6.17. The second-order valence-electron chi connectivity index (χ2n) is 10.1. The Morgan fingerprint density at radius 1 is 0.735 bits per heavy atom. The van der Waals surface area contributed by atoms with Crippen LogP contribution in [-0.2, 0) is 11.2 Å². The molecule has 2 aromatic rings. The van der Waals surface area contributed by atoms with Crippen molar-refractivity contribution >= 4 is 17.7 Å². The first-order valence-electron chi connectivity index (χ1n) is 13.0. The lowest BCUT2D eigenvalue weighted by atomic mass is 9.87. The number of amides is 3. The quantitative estimate of drug-likeness (QED) is 0.546. The van der Waals surface area contributed by atoms with Crippen LogP contribution >= 0.6 is 0 Å². The molecule has 178 valence electrons. The van der Waals surface area contributed by atoms with Crippen LogP contribution in [0.15, 0.2) is 54.6 Å². The van der Waals surface area contributed by atoms with Gasteiger partial charge in [-0.1, -0.05) is 81.0 Å². The Morgan fingerprint density at radius 2 is 1.21 bits per heavy atom. The molecule has 1 atom stereocenters. The SMILES string of the molecule is O=C([C@H](Cc1ccccc1)N1C(=O)c2ccccc2C1=O)N(C1CCCCC1)C1CCCCC1. The number of carbonyl (C=O) groups is 3. The van der Waals surface area contributed by atoms with E-state index in [0.717, 1.165) is 56.9 Å². The molecule has 2 aliphatic carbocycles. The van der Waals surface area contributed by atoms with Crippen molar-refractivity contribution in [3.05, 3.63) is 71.3 Å². The largest absolute Gasteiger partial charge is 0.335 e. The fourth-order valence-corrected chi connectivity index (χ4v) is 6.17. The van der Waals surface area contributed by atoms with Crippen molar-refractivity contribution in [3.63, 3.8) is 0 Å². The third kappa shape index (κ3) is 4.40. The molecule has 2 saturated carbocycles. The number of imide groups is 1. The smallest absolute Gasteiger partial charge is 0.262 e. The number of benzene rings is 2. The van der Waals surface area contributed by atoms with Crippen molar-refractivity contribution in [1.82, 2.24) is 9.80 Å². The van der Waals surface area contributed by atoms with Gasteiger partial charge in [0.05, 0.1) is 11.1 Å². The summed E-state index contributed by atoms with van der Waals surface area (Å²) < 4.78 is 0. The Bertz CT molecular complexity index is 985. The Labute approximate surface area is 202 Å². The molecule has 0 spiro atoms. The minimum atomic E-state index is -0.821.